The van der Waals surface area contributed by atoms with Gasteiger partial charge in [-0.15, -0.1) is 11.3 Å². The van der Waals surface area contributed by atoms with Gasteiger partial charge in [0.05, 0.1) is 42.5 Å². The van der Waals surface area contributed by atoms with Crippen molar-refractivity contribution in [2.45, 2.75) is 19.6 Å². The van der Waals surface area contributed by atoms with Gasteiger partial charge < -0.3 is 24.8 Å². The van der Waals surface area contributed by atoms with Gasteiger partial charge in [-0.3, -0.25) is 0 Å². The molecule has 1 aliphatic heterocycles. The van der Waals surface area contributed by atoms with E-state index in [2.05, 4.69) is 10.3 Å². The quantitative estimate of drug-likeness (QED) is 0.702. The highest BCUT2D eigenvalue weighted by atomic mass is 32.1. The van der Waals surface area contributed by atoms with Crippen LogP contribution in [-0.4, -0.2) is 41.8 Å². The normalized spacial score (nSPS) is 16.0. The minimum Gasteiger partial charge on any atom is -0.496 e. The number of aliphatic hydroxyl groups excluding tert-OH is 1. The number of thiazole rings is 1. The number of ether oxygens (including phenoxy) is 2. The number of nitrogens with one attached hydrogen (secondary N) is 1. The fraction of sp³-hybridized carbons (Fsp3) is 0.300. The van der Waals surface area contributed by atoms with Gasteiger partial charge in [0.1, 0.15) is 17.6 Å². The zero-order valence-electron chi connectivity index (χ0n) is 15.9. The van der Waals surface area contributed by atoms with Crippen LogP contribution in [0.5, 0.6) is 11.5 Å². The number of amides is 2. The first-order valence-electron chi connectivity index (χ1n) is 8.85. The van der Waals surface area contributed by atoms with Crippen LogP contribution in [0.2, 0.25) is 0 Å². The van der Waals surface area contributed by atoms with Gasteiger partial charge in [0, 0.05) is 16.8 Å². The Morgan fingerprint density at radius 3 is 2.75 bits per heavy atom. The molecule has 7 nitrogen and oxygen atoms in total. The summed E-state index contributed by atoms with van der Waals surface area (Å²) in [7, 11) is 3.13. The number of aryl methyl sites for hydroxylation is 1. The van der Waals surface area contributed by atoms with E-state index in [1.54, 1.807) is 42.6 Å². The predicted octanol–water partition coefficient (Wildman–Crippen LogP) is 3.70. The molecule has 4 rings (SSSR count). The molecule has 2 aromatic carbocycles. The molecule has 1 aromatic heterocycles. The topological polar surface area (TPSA) is 83.9 Å². The number of benzene rings is 2. The SMILES string of the molecule is COc1ccc(OC)c2c1CN(C(=O)Nc1ccc3nc(C)sc3c1)C[C@H]2O. The second-order valence-electron chi connectivity index (χ2n) is 6.60. The van der Waals surface area contributed by atoms with Crippen LogP contribution < -0.4 is 14.8 Å². The van der Waals surface area contributed by atoms with E-state index in [-0.39, 0.29) is 12.6 Å². The number of hydrogen-bond donors (Lipinski definition) is 2. The highest BCUT2D eigenvalue weighted by molar-refractivity contribution is 7.18. The number of aliphatic hydroxyl groups is 1. The molecule has 0 radical (unpaired) electrons. The van der Waals surface area contributed by atoms with Crippen molar-refractivity contribution in [1.82, 2.24) is 9.88 Å². The molecular weight excluding hydrogens is 378 g/mol. The molecule has 0 aliphatic carbocycles. The number of nitrogens with zero attached hydrogens (tertiary/aromatic N) is 2. The van der Waals surface area contributed by atoms with E-state index < -0.39 is 6.10 Å². The number of carbonyl (C=O) groups is 1. The zero-order valence-corrected chi connectivity index (χ0v) is 16.7. The average Bonchev–Trinajstić information content (AvgIpc) is 3.06. The lowest BCUT2D eigenvalue weighted by Crippen LogP contribution is -2.41. The van der Waals surface area contributed by atoms with Crippen LogP contribution in [0.25, 0.3) is 10.2 Å². The Bertz CT molecular complexity index is 1050. The third-order valence-electron chi connectivity index (χ3n) is 4.82. The van der Waals surface area contributed by atoms with Gasteiger partial charge >= 0.3 is 6.03 Å². The van der Waals surface area contributed by atoms with Crippen molar-refractivity contribution >= 4 is 33.3 Å². The van der Waals surface area contributed by atoms with Crippen molar-refractivity contribution in [3.8, 4) is 11.5 Å². The van der Waals surface area contributed by atoms with E-state index >= 15 is 0 Å². The van der Waals surface area contributed by atoms with Crippen molar-refractivity contribution in [2.75, 3.05) is 26.1 Å². The molecule has 0 saturated carbocycles. The molecule has 3 aromatic rings. The minimum atomic E-state index is -0.855. The average molecular weight is 399 g/mol. The van der Waals surface area contributed by atoms with Gasteiger partial charge in [0.2, 0.25) is 0 Å². The van der Waals surface area contributed by atoms with E-state index in [1.165, 1.54) is 0 Å². The number of rotatable bonds is 3. The zero-order chi connectivity index (χ0) is 19.8. The van der Waals surface area contributed by atoms with Gasteiger partial charge in [-0.2, -0.15) is 0 Å². The first kappa shape index (κ1) is 18.5. The van der Waals surface area contributed by atoms with Gasteiger partial charge in [-0.25, -0.2) is 9.78 Å². The van der Waals surface area contributed by atoms with E-state index in [0.29, 0.717) is 29.3 Å². The third kappa shape index (κ3) is 3.25. The maximum Gasteiger partial charge on any atom is 0.322 e. The Morgan fingerprint density at radius 2 is 2.00 bits per heavy atom. The molecule has 0 fully saturated rings. The summed E-state index contributed by atoms with van der Waals surface area (Å²) in [5, 5.41) is 14.6. The summed E-state index contributed by atoms with van der Waals surface area (Å²) < 4.78 is 11.8. The van der Waals surface area contributed by atoms with Crippen LogP contribution in [0.4, 0.5) is 10.5 Å². The van der Waals surface area contributed by atoms with Gasteiger partial charge in [-0.05, 0) is 37.3 Å². The molecule has 28 heavy (non-hydrogen) atoms. The predicted molar refractivity (Wildman–Crippen MR) is 108 cm³/mol. The van der Waals surface area contributed by atoms with Crippen molar-refractivity contribution in [1.29, 1.82) is 0 Å². The Morgan fingerprint density at radius 1 is 1.25 bits per heavy atom. The largest absolute Gasteiger partial charge is 0.496 e. The number of urea groups is 1. The number of β-amino-alcohol motifs (C(OH)–C–C–N with tert-alkyl or cyclic N) is 1. The first-order chi connectivity index (χ1) is 13.5. The summed E-state index contributed by atoms with van der Waals surface area (Å²) in [5.74, 6) is 1.21. The van der Waals surface area contributed by atoms with Crippen LogP contribution in [0.15, 0.2) is 30.3 Å². The summed E-state index contributed by atoms with van der Waals surface area (Å²) in [6, 6.07) is 8.90. The number of anilines is 1. The second-order valence-corrected chi connectivity index (χ2v) is 7.84. The van der Waals surface area contributed by atoms with Crippen LogP contribution >= 0.6 is 11.3 Å². The van der Waals surface area contributed by atoms with E-state index in [1.807, 2.05) is 25.1 Å². The molecule has 1 aliphatic rings. The molecule has 0 spiro atoms. The van der Waals surface area contributed by atoms with E-state index in [0.717, 1.165) is 20.8 Å². The van der Waals surface area contributed by atoms with Gasteiger partial charge in [0.15, 0.2) is 0 Å². The highest BCUT2D eigenvalue weighted by Gasteiger charge is 2.32. The minimum absolute atomic E-state index is 0.171. The lowest BCUT2D eigenvalue weighted by Gasteiger charge is -2.34. The highest BCUT2D eigenvalue weighted by Crippen LogP contribution is 2.39. The summed E-state index contributed by atoms with van der Waals surface area (Å²) >= 11 is 1.58. The smallest absolute Gasteiger partial charge is 0.322 e. The van der Waals surface area contributed by atoms with Crippen LogP contribution in [0.1, 0.15) is 22.2 Å². The molecule has 1 atom stereocenters. The molecule has 0 saturated heterocycles. The van der Waals surface area contributed by atoms with E-state index in [4.69, 9.17) is 9.47 Å². The summed E-state index contributed by atoms with van der Waals surface area (Å²) in [5.41, 5.74) is 3.04. The number of carbonyl (C=O) groups excluding carboxylic acids is 1. The van der Waals surface area contributed by atoms with Crippen LogP contribution in [0, 0.1) is 6.92 Å². The molecule has 2 amide bonds. The first-order valence-corrected chi connectivity index (χ1v) is 9.66. The van der Waals surface area contributed by atoms with Gasteiger partial charge in [-0.1, -0.05) is 0 Å². The van der Waals surface area contributed by atoms with Crippen molar-refractivity contribution < 1.29 is 19.4 Å². The monoisotopic (exact) mass is 399 g/mol. The number of fused-ring (bicyclic) bond motifs is 2. The molecule has 146 valence electrons. The Labute approximate surface area is 166 Å². The molecular formula is C20H21N3O4S. The maximum absolute atomic E-state index is 12.8. The molecule has 0 bridgehead atoms. The molecule has 2 N–H and O–H groups in total. The van der Waals surface area contributed by atoms with Crippen molar-refractivity contribution in [3.63, 3.8) is 0 Å². The number of methoxy groups -OCH3 is 2. The number of hydrogen-bond acceptors (Lipinski definition) is 6. The van der Waals surface area contributed by atoms with Gasteiger partial charge in [0.25, 0.3) is 0 Å². The molecule has 8 heteroatoms. The lowest BCUT2D eigenvalue weighted by molar-refractivity contribution is 0.105. The van der Waals surface area contributed by atoms with Crippen molar-refractivity contribution in [2.24, 2.45) is 0 Å². The van der Waals surface area contributed by atoms with Crippen molar-refractivity contribution in [3.05, 3.63) is 46.5 Å². The maximum atomic E-state index is 12.8. The van der Waals surface area contributed by atoms with E-state index in [9.17, 15) is 9.90 Å². The number of aromatic nitrogens is 1. The molecule has 2 heterocycles. The summed E-state index contributed by atoms with van der Waals surface area (Å²) in [6.07, 6.45) is -0.855. The fourth-order valence-corrected chi connectivity index (χ4v) is 4.42. The standard InChI is InChI=1S/C20H21N3O4S/c1-11-21-14-5-4-12(8-18(14)28-11)22-20(25)23-9-13-16(26-2)6-7-17(27-3)19(13)15(24)10-23/h4-8,15,24H,9-10H2,1-3H3,(H,22,25)/t15-/m1/s1. The third-order valence-corrected chi connectivity index (χ3v) is 5.76. The van der Waals surface area contributed by atoms with Crippen LogP contribution in [0.3, 0.4) is 0 Å². The summed E-state index contributed by atoms with van der Waals surface area (Å²) in [4.78, 5) is 18.8. The molecule has 0 unspecified atom stereocenters. The second kappa shape index (κ2) is 7.29. The Hall–Kier alpha value is -2.84. The van der Waals surface area contributed by atoms with Crippen LogP contribution in [-0.2, 0) is 6.54 Å². The lowest BCUT2D eigenvalue weighted by atomic mass is 9.95. The Balaban J connectivity index is 1.59. The summed E-state index contributed by atoms with van der Waals surface area (Å²) in [6.45, 7) is 2.45. The fourth-order valence-electron chi connectivity index (χ4n) is 3.55. The Kier molecular flexibility index (Phi) is 4.82.